The molecular formula is C21H20ClNO4S2. The lowest BCUT2D eigenvalue weighted by Gasteiger charge is -2.24. The average Bonchev–Trinajstić information content (AvgIpc) is 2.73. The molecule has 5 nitrogen and oxygen atoms in total. The molecule has 3 aromatic carbocycles. The summed E-state index contributed by atoms with van der Waals surface area (Å²) >= 11 is 6.41. The average molecular weight is 450 g/mol. The maximum Gasteiger partial charge on any atom is 0.241 e. The second kappa shape index (κ2) is 8.67. The number of hydrogen-bond donors (Lipinski definition) is 1. The molecule has 1 N–H and O–H groups in total. The molecule has 0 amide bonds. The van der Waals surface area contributed by atoms with Crippen LogP contribution in [0.4, 0.5) is 0 Å². The van der Waals surface area contributed by atoms with E-state index in [0.717, 1.165) is 5.56 Å². The van der Waals surface area contributed by atoms with Crippen LogP contribution < -0.4 is 4.72 Å². The molecule has 3 aromatic rings. The Balaban J connectivity index is 2.03. The van der Waals surface area contributed by atoms with Crippen molar-refractivity contribution in [3.63, 3.8) is 0 Å². The van der Waals surface area contributed by atoms with Gasteiger partial charge >= 0.3 is 0 Å². The predicted molar refractivity (Wildman–Crippen MR) is 114 cm³/mol. The topological polar surface area (TPSA) is 80.3 Å². The molecule has 0 saturated heterocycles. The first-order valence-electron chi connectivity index (χ1n) is 8.79. The van der Waals surface area contributed by atoms with Gasteiger partial charge in [0.1, 0.15) is 0 Å². The summed E-state index contributed by atoms with van der Waals surface area (Å²) in [6.07, 6.45) is 0. The van der Waals surface area contributed by atoms with E-state index in [0.29, 0.717) is 5.56 Å². The number of nitrogens with one attached hydrogen (secondary N) is 1. The number of halogens is 1. The third-order valence-corrected chi connectivity index (χ3v) is 8.61. The fourth-order valence-corrected chi connectivity index (χ4v) is 6.10. The Hall–Kier alpha value is -2.19. The number of benzene rings is 3. The highest BCUT2D eigenvalue weighted by atomic mass is 35.5. The minimum atomic E-state index is -4.01. The lowest BCUT2D eigenvalue weighted by molar-refractivity contribution is 0.551. The third-order valence-electron chi connectivity index (χ3n) is 4.40. The zero-order valence-corrected chi connectivity index (χ0v) is 18.0. The van der Waals surface area contributed by atoms with Crippen LogP contribution in [-0.4, -0.2) is 21.5 Å². The highest BCUT2D eigenvalue weighted by Crippen LogP contribution is 2.31. The van der Waals surface area contributed by atoms with Gasteiger partial charge in [0, 0.05) is 0 Å². The molecule has 0 saturated carbocycles. The Morgan fingerprint density at radius 2 is 1.24 bits per heavy atom. The highest BCUT2D eigenvalue weighted by Gasteiger charge is 2.36. The van der Waals surface area contributed by atoms with Crippen LogP contribution in [-0.2, 0) is 19.9 Å². The summed E-state index contributed by atoms with van der Waals surface area (Å²) in [7, 11) is -8.02. The van der Waals surface area contributed by atoms with E-state index in [4.69, 9.17) is 11.6 Å². The van der Waals surface area contributed by atoms with Gasteiger partial charge in [0.05, 0.1) is 15.8 Å². The van der Waals surface area contributed by atoms with Crippen molar-refractivity contribution in [3.8, 4) is 0 Å². The monoisotopic (exact) mass is 449 g/mol. The molecule has 2 unspecified atom stereocenters. The van der Waals surface area contributed by atoms with Crippen molar-refractivity contribution in [1.29, 1.82) is 0 Å². The maximum atomic E-state index is 13.0. The van der Waals surface area contributed by atoms with Gasteiger partial charge in [0.15, 0.2) is 14.5 Å². The van der Waals surface area contributed by atoms with Gasteiger partial charge in [-0.25, -0.2) is 21.6 Å². The van der Waals surface area contributed by atoms with Crippen molar-refractivity contribution in [2.24, 2.45) is 0 Å². The van der Waals surface area contributed by atoms with Crippen LogP contribution in [0, 0.1) is 6.92 Å². The fourth-order valence-electron chi connectivity index (χ4n) is 2.81. The van der Waals surface area contributed by atoms with E-state index in [9.17, 15) is 16.8 Å². The molecule has 0 aliphatic carbocycles. The predicted octanol–water partition coefficient (Wildman–Crippen LogP) is 4.05. The van der Waals surface area contributed by atoms with Crippen molar-refractivity contribution >= 4 is 31.5 Å². The molecule has 0 fully saturated rings. The number of alkyl halides is 1. The number of sulfone groups is 1. The second-order valence-corrected chi connectivity index (χ2v) is 11.0. The van der Waals surface area contributed by atoms with Gasteiger partial charge in [-0.1, -0.05) is 66.2 Å². The SMILES string of the molecule is Cc1ccc(S(=O)(=O)NC(c2ccccc2)C(Cl)S(=O)(=O)c2ccccc2)cc1. The number of rotatable bonds is 7. The van der Waals surface area contributed by atoms with E-state index in [2.05, 4.69) is 4.72 Å². The van der Waals surface area contributed by atoms with Crippen molar-refractivity contribution in [2.45, 2.75) is 27.5 Å². The van der Waals surface area contributed by atoms with Gasteiger partial charge < -0.3 is 0 Å². The molecule has 0 aliphatic rings. The van der Waals surface area contributed by atoms with Crippen LogP contribution in [0.5, 0.6) is 0 Å². The lowest BCUT2D eigenvalue weighted by Crippen LogP contribution is -2.37. The summed E-state index contributed by atoms with van der Waals surface area (Å²) in [5, 5.41) is 0. The molecule has 8 heteroatoms. The minimum absolute atomic E-state index is 0.0236. The van der Waals surface area contributed by atoms with Crippen molar-refractivity contribution in [1.82, 2.24) is 4.72 Å². The van der Waals surface area contributed by atoms with Crippen LogP contribution in [0.25, 0.3) is 0 Å². The van der Waals surface area contributed by atoms with E-state index < -0.39 is 30.6 Å². The largest absolute Gasteiger partial charge is 0.241 e. The highest BCUT2D eigenvalue weighted by molar-refractivity contribution is 7.93. The molecular weight excluding hydrogens is 430 g/mol. The van der Waals surface area contributed by atoms with E-state index in [1.807, 2.05) is 6.92 Å². The van der Waals surface area contributed by atoms with Crippen molar-refractivity contribution < 1.29 is 16.8 Å². The molecule has 3 rings (SSSR count). The van der Waals surface area contributed by atoms with E-state index >= 15 is 0 Å². The van der Waals surface area contributed by atoms with Crippen molar-refractivity contribution in [2.75, 3.05) is 0 Å². The second-order valence-electron chi connectivity index (χ2n) is 6.53. The Morgan fingerprint density at radius 1 is 0.724 bits per heavy atom. The first-order chi connectivity index (χ1) is 13.7. The summed E-state index contributed by atoms with van der Waals surface area (Å²) in [6.45, 7) is 1.85. The van der Waals surface area contributed by atoms with Gasteiger partial charge in [-0.05, 0) is 36.8 Å². The van der Waals surface area contributed by atoms with Crippen LogP contribution in [0.3, 0.4) is 0 Å². The van der Waals surface area contributed by atoms with Gasteiger partial charge in [-0.3, -0.25) is 0 Å². The molecule has 0 aliphatic heterocycles. The summed E-state index contributed by atoms with van der Waals surface area (Å²) in [5.41, 5.74) is 1.35. The molecule has 0 radical (unpaired) electrons. The molecule has 29 heavy (non-hydrogen) atoms. The Kier molecular flexibility index (Phi) is 6.43. The zero-order valence-electron chi connectivity index (χ0n) is 15.6. The molecule has 152 valence electrons. The first kappa shape index (κ1) is 21.5. The normalized spacial score (nSPS) is 14.3. The summed E-state index contributed by atoms with van der Waals surface area (Å²) in [5.74, 6) is 0. The van der Waals surface area contributed by atoms with Gasteiger partial charge in [0.25, 0.3) is 0 Å². The Labute approximate surface area is 176 Å². The van der Waals surface area contributed by atoms with Gasteiger partial charge in [0.2, 0.25) is 10.0 Å². The van der Waals surface area contributed by atoms with Crippen LogP contribution in [0.1, 0.15) is 17.2 Å². The van der Waals surface area contributed by atoms with Crippen LogP contribution in [0.15, 0.2) is 94.7 Å². The maximum absolute atomic E-state index is 13.0. The van der Waals surface area contributed by atoms with E-state index in [1.165, 1.54) is 24.3 Å². The molecule has 2 atom stereocenters. The number of hydrogen-bond acceptors (Lipinski definition) is 4. The van der Waals surface area contributed by atoms with Crippen LogP contribution in [0.2, 0.25) is 0 Å². The third kappa shape index (κ3) is 4.87. The van der Waals surface area contributed by atoms with Crippen molar-refractivity contribution in [3.05, 3.63) is 96.1 Å². The van der Waals surface area contributed by atoms with Crippen LogP contribution >= 0.6 is 11.6 Å². The fraction of sp³-hybridized carbons (Fsp3) is 0.143. The molecule has 0 aromatic heterocycles. The smallest absolute Gasteiger partial charge is 0.222 e. The van der Waals surface area contributed by atoms with E-state index in [-0.39, 0.29) is 9.79 Å². The number of sulfonamides is 1. The molecule has 0 heterocycles. The first-order valence-corrected chi connectivity index (χ1v) is 12.3. The molecule has 0 bridgehead atoms. The number of aryl methyl sites for hydroxylation is 1. The standard InChI is InChI=1S/C21H20ClNO4S2/c1-16-12-14-19(15-13-16)29(26,27)23-20(17-8-4-2-5-9-17)21(22)28(24,25)18-10-6-3-7-11-18/h2-15,20-21,23H,1H3. The Bertz CT molecular complexity index is 1160. The summed E-state index contributed by atoms with van der Waals surface area (Å²) in [6, 6.07) is 21.2. The minimum Gasteiger partial charge on any atom is -0.222 e. The van der Waals surface area contributed by atoms with E-state index in [1.54, 1.807) is 60.7 Å². The molecule has 0 spiro atoms. The summed E-state index contributed by atoms with van der Waals surface area (Å²) < 4.78 is 52.9. The van der Waals surface area contributed by atoms with Gasteiger partial charge in [-0.15, -0.1) is 11.6 Å². The quantitative estimate of drug-likeness (QED) is 0.552. The van der Waals surface area contributed by atoms with Gasteiger partial charge in [-0.2, -0.15) is 0 Å². The summed E-state index contributed by atoms with van der Waals surface area (Å²) in [4.78, 5) is 0.0560. The lowest BCUT2D eigenvalue weighted by atomic mass is 10.1. The zero-order chi connectivity index (χ0) is 21.1. The Morgan fingerprint density at radius 3 is 1.79 bits per heavy atom.